The molecule has 0 aromatic rings. The number of rotatable bonds is 2. The molecule has 0 aromatic carbocycles. The summed E-state index contributed by atoms with van der Waals surface area (Å²) >= 11 is 0. The van der Waals surface area contributed by atoms with E-state index in [1.54, 1.807) is 0 Å². The van der Waals surface area contributed by atoms with Crippen LogP contribution in [0.15, 0.2) is 0 Å². The van der Waals surface area contributed by atoms with Gasteiger partial charge < -0.3 is 0 Å². The smallest absolute Gasteiger partial charge is 0.167 e. The Morgan fingerprint density at radius 3 is 0.733 bits per heavy atom. The van der Waals surface area contributed by atoms with Crippen molar-refractivity contribution in [3.63, 3.8) is 0 Å². The summed E-state index contributed by atoms with van der Waals surface area (Å²) in [6.07, 6.45) is -13.9. The Morgan fingerprint density at radius 1 is 0.533 bits per heavy atom. The van der Waals surface area contributed by atoms with E-state index in [0.717, 1.165) is 0 Å². The van der Waals surface area contributed by atoms with Crippen LogP contribution < -0.4 is 0 Å². The van der Waals surface area contributed by atoms with Gasteiger partial charge in [-0.2, -0.15) is 26.3 Å². The van der Waals surface area contributed by atoms with E-state index in [4.69, 9.17) is 0 Å². The van der Waals surface area contributed by atoms with Gasteiger partial charge in [-0.05, 0) is 0 Å². The van der Waals surface area contributed by atoms with E-state index >= 15 is 0 Å². The van der Waals surface area contributed by atoms with E-state index < -0.39 is 28.7 Å². The fourth-order valence-electron chi connectivity index (χ4n) is 0.601. The number of hydrogen-bond acceptors (Lipinski definition) is 2. The lowest BCUT2D eigenvalue weighted by Gasteiger charge is -2.35. The van der Waals surface area contributed by atoms with Crippen molar-refractivity contribution in [1.82, 2.24) is 10.7 Å². The van der Waals surface area contributed by atoms with Gasteiger partial charge in [0.2, 0.25) is 0 Å². The van der Waals surface area contributed by atoms with Gasteiger partial charge in [-0.3, -0.25) is 0 Å². The monoisotopic (exact) mass is 254 g/mol. The van der Waals surface area contributed by atoms with Crippen LogP contribution in [0.4, 0.5) is 44.3 Å². The molecule has 0 aliphatic rings. The van der Waals surface area contributed by atoms with Gasteiger partial charge in [0, 0.05) is 0 Å². The van der Waals surface area contributed by atoms with Crippen LogP contribution >= 0.6 is 0 Å². The van der Waals surface area contributed by atoms with Crippen molar-refractivity contribution in [2.75, 3.05) is 0 Å². The normalized spacial score (nSPS) is 15.2. The fraction of sp³-hybridized carbons (Fsp3) is 1.00. The minimum Gasteiger partial charge on any atom is -0.167 e. The van der Waals surface area contributed by atoms with Crippen molar-refractivity contribution in [3.05, 3.63) is 0 Å². The molecule has 0 saturated heterocycles. The molecule has 0 spiro atoms. The summed E-state index contributed by atoms with van der Waals surface area (Å²) < 4.78 is 116. The van der Waals surface area contributed by atoms with Gasteiger partial charge in [-0.1, -0.05) is 17.9 Å². The van der Waals surface area contributed by atoms with Gasteiger partial charge in [-0.25, -0.2) is 0 Å². The Hall–Kier alpha value is -0.780. The Labute approximate surface area is 74.4 Å². The molecule has 2 nitrogen and oxygen atoms in total. The SMILES string of the molecule is FN(F)C(N(F)F)(C(F)(F)F)C(F)(F)F. The Balaban J connectivity index is 5.73. The summed E-state index contributed by atoms with van der Waals surface area (Å²) in [4.78, 5) is 0. The molecule has 0 aliphatic carbocycles. The van der Waals surface area contributed by atoms with E-state index in [1.807, 2.05) is 0 Å². The second kappa shape index (κ2) is 3.66. The molecule has 0 unspecified atom stereocenters. The first-order valence-electron chi connectivity index (χ1n) is 2.76. The molecular weight excluding hydrogens is 254 g/mol. The molecule has 92 valence electrons. The molecule has 0 N–H and O–H groups in total. The molecule has 0 heterocycles. The van der Waals surface area contributed by atoms with Crippen molar-refractivity contribution in [1.29, 1.82) is 0 Å². The third kappa shape index (κ3) is 1.95. The van der Waals surface area contributed by atoms with Crippen molar-refractivity contribution >= 4 is 0 Å². The molecule has 0 aromatic heterocycles. The maximum Gasteiger partial charge on any atom is 0.440 e. The van der Waals surface area contributed by atoms with Crippen LogP contribution in [-0.4, -0.2) is 28.7 Å². The van der Waals surface area contributed by atoms with Crippen LogP contribution in [0.25, 0.3) is 0 Å². The topological polar surface area (TPSA) is 6.48 Å². The second-order valence-electron chi connectivity index (χ2n) is 2.13. The maximum atomic E-state index is 11.6. The van der Waals surface area contributed by atoms with Gasteiger partial charge >= 0.3 is 18.0 Å². The third-order valence-electron chi connectivity index (χ3n) is 1.28. The molecule has 0 rings (SSSR count). The molecular formula is C3F10N2. The van der Waals surface area contributed by atoms with Crippen molar-refractivity contribution in [2.24, 2.45) is 0 Å². The van der Waals surface area contributed by atoms with Crippen LogP contribution in [0.1, 0.15) is 0 Å². The zero-order chi connectivity index (χ0) is 12.7. The molecule has 0 saturated carbocycles. The average molecular weight is 254 g/mol. The van der Waals surface area contributed by atoms with Crippen molar-refractivity contribution < 1.29 is 44.3 Å². The highest BCUT2D eigenvalue weighted by atomic mass is 19.4. The quantitative estimate of drug-likeness (QED) is 0.424. The lowest BCUT2D eigenvalue weighted by atomic mass is 10.1. The first-order valence-corrected chi connectivity index (χ1v) is 2.76. The van der Waals surface area contributed by atoms with Gasteiger partial charge in [0.25, 0.3) is 0 Å². The molecule has 0 bridgehead atoms. The summed E-state index contributed by atoms with van der Waals surface area (Å²) in [6, 6.07) is 0. The van der Waals surface area contributed by atoms with E-state index in [0.29, 0.717) is 0 Å². The fourth-order valence-corrected chi connectivity index (χ4v) is 0.601. The molecule has 0 atom stereocenters. The Morgan fingerprint density at radius 2 is 0.733 bits per heavy atom. The second-order valence-corrected chi connectivity index (χ2v) is 2.13. The lowest BCUT2D eigenvalue weighted by molar-refractivity contribution is -0.507. The zero-order valence-electron chi connectivity index (χ0n) is 6.17. The maximum absolute atomic E-state index is 11.6. The largest absolute Gasteiger partial charge is 0.440 e. The summed E-state index contributed by atoms with van der Waals surface area (Å²) in [6.45, 7) is 0. The minimum absolute atomic E-state index is 3.65. The van der Waals surface area contributed by atoms with E-state index in [1.165, 1.54) is 0 Å². The summed E-state index contributed by atoms with van der Waals surface area (Å²) in [5.41, 5.74) is -6.62. The van der Waals surface area contributed by atoms with Crippen LogP contribution in [0, 0.1) is 0 Å². The van der Waals surface area contributed by atoms with Gasteiger partial charge in [0.15, 0.2) is 0 Å². The highest BCUT2D eigenvalue weighted by Gasteiger charge is 2.82. The van der Waals surface area contributed by atoms with Crippen LogP contribution in [0.3, 0.4) is 0 Å². The lowest BCUT2D eigenvalue weighted by Crippen LogP contribution is -2.68. The number of alkyl halides is 6. The van der Waals surface area contributed by atoms with Gasteiger partial charge in [0.05, 0.1) is 10.7 Å². The predicted octanol–water partition coefficient (Wildman–Crippen LogP) is 2.95. The first-order chi connectivity index (χ1) is 6.39. The number of halogens is 10. The predicted molar refractivity (Wildman–Crippen MR) is 23.0 cm³/mol. The average Bonchev–Trinajstić information content (AvgIpc) is 1.75. The third-order valence-corrected chi connectivity index (χ3v) is 1.28. The summed E-state index contributed by atoms with van der Waals surface area (Å²) in [5, 5.41) is -7.29. The Kier molecular flexibility index (Phi) is 3.47. The Bertz CT molecular complexity index is 190. The van der Waals surface area contributed by atoms with E-state index in [9.17, 15) is 44.3 Å². The molecule has 12 heteroatoms. The minimum atomic E-state index is -6.93. The highest BCUT2D eigenvalue weighted by molar-refractivity contribution is 4.93. The molecule has 0 amide bonds. The zero-order valence-corrected chi connectivity index (χ0v) is 6.17. The van der Waals surface area contributed by atoms with Crippen molar-refractivity contribution in [2.45, 2.75) is 18.0 Å². The highest BCUT2D eigenvalue weighted by Crippen LogP contribution is 2.50. The van der Waals surface area contributed by atoms with Gasteiger partial charge in [0.1, 0.15) is 0 Å². The van der Waals surface area contributed by atoms with E-state index in [2.05, 4.69) is 0 Å². The van der Waals surface area contributed by atoms with Crippen molar-refractivity contribution in [3.8, 4) is 0 Å². The standard InChI is InChI=1S/C3F10N2/c4-2(5,6)1(14(10)11,15(12)13)3(7,8)9. The molecule has 0 aliphatic heterocycles. The number of nitrogens with zero attached hydrogens (tertiary/aromatic N) is 2. The molecule has 0 radical (unpaired) electrons. The van der Waals surface area contributed by atoms with E-state index in [-0.39, 0.29) is 0 Å². The summed E-state index contributed by atoms with van der Waals surface area (Å²) in [7, 11) is 0. The number of hydrogen-bond donors (Lipinski definition) is 0. The summed E-state index contributed by atoms with van der Waals surface area (Å²) in [5.74, 6) is 0. The van der Waals surface area contributed by atoms with Crippen LogP contribution in [-0.2, 0) is 0 Å². The van der Waals surface area contributed by atoms with Crippen LogP contribution in [0.5, 0.6) is 0 Å². The first kappa shape index (κ1) is 14.2. The van der Waals surface area contributed by atoms with Gasteiger partial charge in [-0.15, -0.1) is 0 Å². The molecule has 0 fully saturated rings. The molecule has 15 heavy (non-hydrogen) atoms. The van der Waals surface area contributed by atoms with Crippen LogP contribution in [0.2, 0.25) is 0 Å².